The Hall–Kier alpha value is -1.28. The highest BCUT2D eigenvalue weighted by Gasteiger charge is 2.20. The second-order valence-electron chi connectivity index (χ2n) is 5.87. The van der Waals surface area contributed by atoms with Crippen molar-refractivity contribution >= 4 is 0 Å². The molecule has 104 valence electrons. The van der Waals surface area contributed by atoms with Gasteiger partial charge in [0, 0.05) is 12.6 Å². The number of aryl methyl sites for hydroxylation is 1. The molecule has 1 aliphatic carbocycles. The van der Waals surface area contributed by atoms with Crippen LogP contribution in [0.15, 0.2) is 30.4 Å². The maximum absolute atomic E-state index is 5.80. The highest BCUT2D eigenvalue weighted by molar-refractivity contribution is 5.36. The third-order valence-corrected chi connectivity index (χ3v) is 3.52. The zero-order valence-corrected chi connectivity index (χ0v) is 12.3. The second-order valence-corrected chi connectivity index (χ2v) is 5.87. The number of hydrogen-bond donors (Lipinski definition) is 1. The quantitative estimate of drug-likeness (QED) is 0.752. The fourth-order valence-corrected chi connectivity index (χ4v) is 2.20. The standard InChI is InChI=1S/C17H25NO/c1-12(2)17-8-7-16(9-14(17)4)19-11-13(3)10-18-15-5-6-15/h7-9,12,15,18H,3,5-6,10-11H2,1-2,4H3. The van der Waals surface area contributed by atoms with Crippen molar-refractivity contribution < 1.29 is 4.74 Å². The molecule has 1 saturated carbocycles. The van der Waals surface area contributed by atoms with Crippen molar-refractivity contribution in [1.82, 2.24) is 5.32 Å². The molecule has 1 N–H and O–H groups in total. The van der Waals surface area contributed by atoms with Crippen LogP contribution in [0.5, 0.6) is 5.75 Å². The summed E-state index contributed by atoms with van der Waals surface area (Å²) in [7, 11) is 0. The van der Waals surface area contributed by atoms with Gasteiger partial charge in [0.05, 0.1) is 0 Å². The molecular weight excluding hydrogens is 234 g/mol. The molecule has 0 aliphatic heterocycles. The summed E-state index contributed by atoms with van der Waals surface area (Å²) in [6.07, 6.45) is 2.62. The van der Waals surface area contributed by atoms with Crippen LogP contribution in [0, 0.1) is 6.92 Å². The molecule has 0 radical (unpaired) electrons. The van der Waals surface area contributed by atoms with Gasteiger partial charge in [-0.25, -0.2) is 0 Å². The minimum Gasteiger partial charge on any atom is -0.489 e. The van der Waals surface area contributed by atoms with Crippen LogP contribution in [0.2, 0.25) is 0 Å². The van der Waals surface area contributed by atoms with Crippen LogP contribution in [0.1, 0.15) is 43.7 Å². The van der Waals surface area contributed by atoms with E-state index >= 15 is 0 Å². The molecule has 0 unspecified atom stereocenters. The SMILES string of the molecule is C=C(CNC1CC1)COc1ccc(C(C)C)c(C)c1. The van der Waals surface area contributed by atoms with Crippen molar-refractivity contribution in [3.63, 3.8) is 0 Å². The Morgan fingerprint density at radius 1 is 1.42 bits per heavy atom. The molecule has 0 saturated heterocycles. The summed E-state index contributed by atoms with van der Waals surface area (Å²) in [5.74, 6) is 1.50. The lowest BCUT2D eigenvalue weighted by molar-refractivity contribution is 0.348. The van der Waals surface area contributed by atoms with Crippen molar-refractivity contribution in [2.24, 2.45) is 0 Å². The minimum absolute atomic E-state index is 0.562. The number of hydrogen-bond acceptors (Lipinski definition) is 2. The molecule has 2 rings (SSSR count). The molecule has 0 aromatic heterocycles. The van der Waals surface area contributed by atoms with E-state index in [0.717, 1.165) is 23.9 Å². The maximum atomic E-state index is 5.80. The Labute approximate surface area is 116 Å². The third kappa shape index (κ3) is 4.39. The first-order valence-electron chi connectivity index (χ1n) is 7.19. The lowest BCUT2D eigenvalue weighted by Gasteiger charge is -2.13. The predicted octanol–water partition coefficient (Wildman–Crippen LogP) is 3.81. The summed E-state index contributed by atoms with van der Waals surface area (Å²) < 4.78 is 5.80. The van der Waals surface area contributed by atoms with Gasteiger partial charge in [-0.1, -0.05) is 26.5 Å². The molecule has 1 aromatic carbocycles. The molecule has 0 heterocycles. The van der Waals surface area contributed by atoms with E-state index in [-0.39, 0.29) is 0 Å². The van der Waals surface area contributed by atoms with Crippen LogP contribution in [-0.2, 0) is 0 Å². The summed E-state index contributed by atoms with van der Waals surface area (Å²) in [4.78, 5) is 0. The average molecular weight is 259 g/mol. The van der Waals surface area contributed by atoms with Gasteiger partial charge in [0.2, 0.25) is 0 Å². The molecule has 1 aliphatic rings. The topological polar surface area (TPSA) is 21.3 Å². The van der Waals surface area contributed by atoms with Gasteiger partial charge in [-0.15, -0.1) is 0 Å². The number of benzene rings is 1. The Kier molecular flexibility index (Phi) is 4.65. The molecule has 1 aromatic rings. The highest BCUT2D eigenvalue weighted by atomic mass is 16.5. The molecule has 0 amide bonds. The van der Waals surface area contributed by atoms with Gasteiger partial charge in [-0.2, -0.15) is 0 Å². The fraction of sp³-hybridized carbons (Fsp3) is 0.529. The number of ether oxygens (including phenoxy) is 1. The molecule has 2 nitrogen and oxygen atoms in total. The van der Waals surface area contributed by atoms with Crippen molar-refractivity contribution in [2.75, 3.05) is 13.2 Å². The average Bonchev–Trinajstić information content (AvgIpc) is 3.17. The van der Waals surface area contributed by atoms with Gasteiger partial charge < -0.3 is 10.1 Å². The first kappa shape index (κ1) is 14.1. The van der Waals surface area contributed by atoms with Gasteiger partial charge in [0.15, 0.2) is 0 Å². The molecule has 2 heteroatoms. The molecule has 19 heavy (non-hydrogen) atoms. The van der Waals surface area contributed by atoms with Crippen LogP contribution < -0.4 is 10.1 Å². The van der Waals surface area contributed by atoms with E-state index in [4.69, 9.17) is 4.74 Å². The van der Waals surface area contributed by atoms with E-state index in [9.17, 15) is 0 Å². The van der Waals surface area contributed by atoms with Crippen LogP contribution in [0.3, 0.4) is 0 Å². The first-order chi connectivity index (χ1) is 9.06. The maximum Gasteiger partial charge on any atom is 0.120 e. The fourth-order valence-electron chi connectivity index (χ4n) is 2.20. The van der Waals surface area contributed by atoms with Crippen LogP contribution in [0.4, 0.5) is 0 Å². The lowest BCUT2D eigenvalue weighted by atomic mass is 9.98. The van der Waals surface area contributed by atoms with E-state index in [1.165, 1.54) is 24.0 Å². The van der Waals surface area contributed by atoms with Crippen molar-refractivity contribution in [3.05, 3.63) is 41.5 Å². The summed E-state index contributed by atoms with van der Waals surface area (Å²) in [5.41, 5.74) is 3.80. The van der Waals surface area contributed by atoms with Gasteiger partial charge in [0.25, 0.3) is 0 Å². The van der Waals surface area contributed by atoms with Gasteiger partial charge in [-0.3, -0.25) is 0 Å². The Morgan fingerprint density at radius 2 is 2.16 bits per heavy atom. The Morgan fingerprint density at radius 3 is 2.74 bits per heavy atom. The third-order valence-electron chi connectivity index (χ3n) is 3.52. The summed E-state index contributed by atoms with van der Waals surface area (Å²) >= 11 is 0. The van der Waals surface area contributed by atoms with Crippen molar-refractivity contribution in [1.29, 1.82) is 0 Å². The zero-order chi connectivity index (χ0) is 13.8. The predicted molar refractivity (Wildman–Crippen MR) is 80.9 cm³/mol. The first-order valence-corrected chi connectivity index (χ1v) is 7.19. The summed E-state index contributed by atoms with van der Waals surface area (Å²) in [6, 6.07) is 7.07. The number of rotatable bonds is 7. The van der Waals surface area contributed by atoms with Crippen molar-refractivity contribution in [3.8, 4) is 5.75 Å². The lowest BCUT2D eigenvalue weighted by Crippen LogP contribution is -2.21. The van der Waals surface area contributed by atoms with E-state index < -0.39 is 0 Å². The Balaban J connectivity index is 1.81. The van der Waals surface area contributed by atoms with Gasteiger partial charge in [0.1, 0.15) is 12.4 Å². The van der Waals surface area contributed by atoms with Crippen LogP contribution in [-0.4, -0.2) is 19.2 Å². The van der Waals surface area contributed by atoms with Gasteiger partial charge >= 0.3 is 0 Å². The summed E-state index contributed by atoms with van der Waals surface area (Å²) in [5, 5.41) is 3.45. The van der Waals surface area contributed by atoms with Crippen LogP contribution >= 0.6 is 0 Å². The smallest absolute Gasteiger partial charge is 0.120 e. The normalized spacial score (nSPS) is 14.7. The molecule has 0 spiro atoms. The van der Waals surface area contributed by atoms with Gasteiger partial charge in [-0.05, 0) is 54.5 Å². The van der Waals surface area contributed by atoms with E-state index in [1.807, 2.05) is 0 Å². The van der Waals surface area contributed by atoms with E-state index in [0.29, 0.717) is 12.5 Å². The van der Waals surface area contributed by atoms with Crippen molar-refractivity contribution in [2.45, 2.75) is 45.6 Å². The molecular formula is C17H25NO. The Bertz CT molecular complexity index is 447. The minimum atomic E-state index is 0.562. The molecule has 0 bridgehead atoms. The number of nitrogens with one attached hydrogen (secondary N) is 1. The monoisotopic (exact) mass is 259 g/mol. The highest BCUT2D eigenvalue weighted by Crippen LogP contribution is 2.23. The largest absolute Gasteiger partial charge is 0.489 e. The van der Waals surface area contributed by atoms with E-state index in [2.05, 4.69) is 50.9 Å². The summed E-state index contributed by atoms with van der Waals surface area (Å²) in [6.45, 7) is 12.1. The van der Waals surface area contributed by atoms with E-state index in [1.54, 1.807) is 0 Å². The van der Waals surface area contributed by atoms with Crippen LogP contribution in [0.25, 0.3) is 0 Å². The second kappa shape index (κ2) is 6.25. The molecule has 0 atom stereocenters. The zero-order valence-electron chi connectivity index (χ0n) is 12.3. The molecule has 1 fully saturated rings.